The lowest BCUT2D eigenvalue weighted by Crippen LogP contribution is -2.56. The fourth-order valence-electron chi connectivity index (χ4n) is 1.79. The molecule has 0 atom stereocenters. The van der Waals surface area contributed by atoms with Gasteiger partial charge in [-0.25, -0.2) is 4.98 Å². The van der Waals surface area contributed by atoms with E-state index in [1.54, 1.807) is 23.1 Å². The number of hydrogen-bond donors (Lipinski definition) is 0. The molecule has 1 aromatic heterocycles. The lowest BCUT2D eigenvalue weighted by atomic mass is 10.1. The molecule has 0 spiro atoms. The molecule has 0 aliphatic carbocycles. The van der Waals surface area contributed by atoms with Crippen LogP contribution in [0, 0.1) is 11.3 Å². The second kappa shape index (κ2) is 6.01. The summed E-state index contributed by atoms with van der Waals surface area (Å²) >= 11 is 0. The molecule has 0 bridgehead atoms. The standard InChI is InChI=1S/C14H15N3O2/c1-2-3-4-14(18)17-9-12(10-17)19-13-6-5-11(7-15)8-16-13/h2,5-6,8,12H,1,3-4,9-10H2. The van der Waals surface area contributed by atoms with Crippen molar-refractivity contribution >= 4 is 5.91 Å². The summed E-state index contributed by atoms with van der Waals surface area (Å²) in [6.45, 7) is 4.78. The zero-order chi connectivity index (χ0) is 13.7. The minimum Gasteiger partial charge on any atom is -0.471 e. The van der Waals surface area contributed by atoms with Gasteiger partial charge in [0.1, 0.15) is 12.2 Å². The summed E-state index contributed by atoms with van der Waals surface area (Å²) in [5.41, 5.74) is 0.502. The molecular weight excluding hydrogens is 242 g/mol. The van der Waals surface area contributed by atoms with Crippen molar-refractivity contribution in [3.05, 3.63) is 36.5 Å². The Kier molecular flexibility index (Phi) is 4.14. The average Bonchev–Trinajstić information content (AvgIpc) is 2.40. The van der Waals surface area contributed by atoms with Gasteiger partial charge in [0.25, 0.3) is 0 Å². The van der Waals surface area contributed by atoms with Crippen LogP contribution in [0.3, 0.4) is 0 Å². The summed E-state index contributed by atoms with van der Waals surface area (Å²) in [4.78, 5) is 17.4. The highest BCUT2D eigenvalue weighted by atomic mass is 16.5. The zero-order valence-electron chi connectivity index (χ0n) is 10.6. The molecular formula is C14H15N3O2. The number of hydrogen-bond acceptors (Lipinski definition) is 4. The lowest BCUT2D eigenvalue weighted by molar-refractivity contribution is -0.140. The maximum Gasteiger partial charge on any atom is 0.223 e. The number of likely N-dealkylation sites (tertiary alicyclic amines) is 1. The number of carbonyl (C=O) groups excluding carboxylic acids is 1. The molecule has 0 unspecified atom stereocenters. The highest BCUT2D eigenvalue weighted by molar-refractivity contribution is 5.77. The molecule has 1 fully saturated rings. The molecule has 1 saturated heterocycles. The number of aromatic nitrogens is 1. The summed E-state index contributed by atoms with van der Waals surface area (Å²) in [6.07, 6.45) is 4.42. The van der Waals surface area contributed by atoms with E-state index < -0.39 is 0 Å². The van der Waals surface area contributed by atoms with Crippen LogP contribution in [-0.2, 0) is 4.79 Å². The molecule has 0 radical (unpaired) electrons. The van der Waals surface area contributed by atoms with Gasteiger partial charge in [0.2, 0.25) is 11.8 Å². The predicted molar refractivity (Wildman–Crippen MR) is 69.4 cm³/mol. The molecule has 5 heteroatoms. The first-order chi connectivity index (χ1) is 9.22. The van der Waals surface area contributed by atoms with Crippen molar-refractivity contribution in [3.63, 3.8) is 0 Å². The third kappa shape index (κ3) is 3.32. The minimum atomic E-state index is -0.00637. The van der Waals surface area contributed by atoms with E-state index in [4.69, 9.17) is 10.00 Å². The normalized spacial score (nSPS) is 14.4. The van der Waals surface area contributed by atoms with Crippen LogP contribution >= 0.6 is 0 Å². The highest BCUT2D eigenvalue weighted by Crippen LogP contribution is 2.17. The van der Waals surface area contributed by atoms with Crippen LogP contribution in [0.15, 0.2) is 31.0 Å². The number of rotatable bonds is 5. The first-order valence-electron chi connectivity index (χ1n) is 6.14. The summed E-state index contributed by atoms with van der Waals surface area (Å²) in [5, 5.41) is 8.65. The van der Waals surface area contributed by atoms with Gasteiger partial charge in [-0.15, -0.1) is 6.58 Å². The van der Waals surface area contributed by atoms with Gasteiger partial charge in [-0.3, -0.25) is 4.79 Å². The molecule has 0 N–H and O–H groups in total. The fourth-order valence-corrected chi connectivity index (χ4v) is 1.79. The molecule has 2 heterocycles. The van der Waals surface area contributed by atoms with Gasteiger partial charge in [0, 0.05) is 18.7 Å². The van der Waals surface area contributed by atoms with Crippen molar-refractivity contribution in [2.45, 2.75) is 18.9 Å². The molecule has 0 saturated carbocycles. The Morgan fingerprint density at radius 1 is 1.63 bits per heavy atom. The van der Waals surface area contributed by atoms with E-state index in [-0.39, 0.29) is 12.0 Å². The minimum absolute atomic E-state index is 0.00637. The highest BCUT2D eigenvalue weighted by Gasteiger charge is 2.31. The van der Waals surface area contributed by atoms with Gasteiger partial charge >= 0.3 is 0 Å². The van der Waals surface area contributed by atoms with Crippen LogP contribution in [0.25, 0.3) is 0 Å². The first kappa shape index (κ1) is 13.1. The maximum absolute atomic E-state index is 11.6. The van der Waals surface area contributed by atoms with Gasteiger partial charge in [0.15, 0.2) is 0 Å². The monoisotopic (exact) mass is 257 g/mol. The van der Waals surface area contributed by atoms with Gasteiger partial charge in [-0.2, -0.15) is 5.26 Å². The Labute approximate surface area is 112 Å². The van der Waals surface area contributed by atoms with Crippen molar-refractivity contribution < 1.29 is 9.53 Å². The Hall–Kier alpha value is -2.35. The second-order valence-electron chi connectivity index (χ2n) is 4.36. The van der Waals surface area contributed by atoms with Crippen LogP contribution < -0.4 is 4.74 Å². The van der Waals surface area contributed by atoms with E-state index in [0.717, 1.165) is 0 Å². The average molecular weight is 257 g/mol. The Morgan fingerprint density at radius 3 is 3.00 bits per heavy atom. The Bertz CT molecular complexity index is 498. The topological polar surface area (TPSA) is 66.2 Å². The van der Waals surface area contributed by atoms with E-state index in [0.29, 0.717) is 37.4 Å². The SMILES string of the molecule is C=CCCC(=O)N1CC(Oc2ccc(C#N)cn2)C1. The summed E-state index contributed by atoms with van der Waals surface area (Å²) < 4.78 is 5.60. The van der Waals surface area contributed by atoms with Gasteiger partial charge in [0.05, 0.1) is 18.7 Å². The second-order valence-corrected chi connectivity index (χ2v) is 4.36. The molecule has 2 rings (SSSR count). The number of pyridine rings is 1. The van der Waals surface area contributed by atoms with Crippen LogP contribution in [0.5, 0.6) is 5.88 Å². The molecule has 1 aliphatic rings. The van der Waals surface area contributed by atoms with Crippen LogP contribution in [0.4, 0.5) is 0 Å². The molecule has 1 aliphatic heterocycles. The largest absolute Gasteiger partial charge is 0.471 e. The van der Waals surface area contributed by atoms with Gasteiger partial charge in [-0.1, -0.05) is 6.08 Å². The third-order valence-electron chi connectivity index (χ3n) is 2.92. The van der Waals surface area contributed by atoms with Gasteiger partial charge < -0.3 is 9.64 Å². The number of ether oxygens (including phenoxy) is 1. The van der Waals surface area contributed by atoms with Crippen molar-refractivity contribution in [2.24, 2.45) is 0 Å². The van der Waals surface area contributed by atoms with Crippen LogP contribution in [0.1, 0.15) is 18.4 Å². The number of carbonyl (C=O) groups is 1. The maximum atomic E-state index is 11.6. The van der Waals surface area contributed by atoms with Crippen LogP contribution in [0.2, 0.25) is 0 Å². The molecule has 0 aromatic carbocycles. The number of nitrogens with zero attached hydrogens (tertiary/aromatic N) is 3. The van der Waals surface area contributed by atoms with E-state index in [1.807, 2.05) is 6.07 Å². The number of allylic oxidation sites excluding steroid dienone is 1. The van der Waals surface area contributed by atoms with Crippen molar-refractivity contribution in [3.8, 4) is 11.9 Å². The Morgan fingerprint density at radius 2 is 2.42 bits per heavy atom. The molecule has 1 aromatic rings. The molecule has 5 nitrogen and oxygen atoms in total. The number of amides is 1. The smallest absolute Gasteiger partial charge is 0.223 e. The molecule has 98 valence electrons. The van der Waals surface area contributed by atoms with E-state index in [1.165, 1.54) is 6.20 Å². The van der Waals surface area contributed by atoms with E-state index in [9.17, 15) is 4.79 Å². The van der Waals surface area contributed by atoms with Crippen molar-refractivity contribution in [1.82, 2.24) is 9.88 Å². The first-order valence-corrected chi connectivity index (χ1v) is 6.14. The van der Waals surface area contributed by atoms with Crippen molar-refractivity contribution in [1.29, 1.82) is 5.26 Å². The summed E-state index contributed by atoms with van der Waals surface area (Å²) in [6, 6.07) is 5.33. The fraction of sp³-hybridized carbons (Fsp3) is 0.357. The third-order valence-corrected chi connectivity index (χ3v) is 2.92. The van der Waals surface area contributed by atoms with Crippen LogP contribution in [-0.4, -0.2) is 35.0 Å². The van der Waals surface area contributed by atoms with E-state index >= 15 is 0 Å². The quantitative estimate of drug-likeness (QED) is 0.750. The predicted octanol–water partition coefficient (Wildman–Crippen LogP) is 1.51. The summed E-state index contributed by atoms with van der Waals surface area (Å²) in [7, 11) is 0. The number of nitriles is 1. The molecule has 19 heavy (non-hydrogen) atoms. The Balaban J connectivity index is 1.76. The van der Waals surface area contributed by atoms with E-state index in [2.05, 4.69) is 11.6 Å². The summed E-state index contributed by atoms with van der Waals surface area (Å²) in [5.74, 6) is 0.620. The zero-order valence-corrected chi connectivity index (χ0v) is 10.6. The molecule has 1 amide bonds. The lowest BCUT2D eigenvalue weighted by Gasteiger charge is -2.38. The van der Waals surface area contributed by atoms with Gasteiger partial charge in [-0.05, 0) is 12.5 Å². The van der Waals surface area contributed by atoms with Crippen molar-refractivity contribution in [2.75, 3.05) is 13.1 Å².